The van der Waals surface area contributed by atoms with Gasteiger partial charge >= 0.3 is 0 Å². The van der Waals surface area contributed by atoms with E-state index in [-0.39, 0.29) is 22.7 Å². The average Bonchev–Trinajstić information content (AvgIpc) is 3.24. The van der Waals surface area contributed by atoms with E-state index in [1.807, 2.05) is 30.3 Å². The molecule has 0 aliphatic carbocycles. The normalized spacial score (nSPS) is 10.6. The zero-order chi connectivity index (χ0) is 19.5. The van der Waals surface area contributed by atoms with E-state index in [0.29, 0.717) is 11.4 Å². The summed E-state index contributed by atoms with van der Waals surface area (Å²) in [6.07, 6.45) is 0. The zero-order valence-corrected chi connectivity index (χ0v) is 14.5. The summed E-state index contributed by atoms with van der Waals surface area (Å²) in [6, 6.07) is 22.0. The Bertz CT molecular complexity index is 1160. The van der Waals surface area contributed by atoms with Gasteiger partial charge in [-0.1, -0.05) is 60.7 Å². The second-order valence-electron chi connectivity index (χ2n) is 5.92. The van der Waals surface area contributed by atoms with E-state index in [4.69, 9.17) is 0 Å². The summed E-state index contributed by atoms with van der Waals surface area (Å²) in [4.78, 5) is 24.7. The molecule has 3 aromatic carbocycles. The van der Waals surface area contributed by atoms with E-state index in [1.54, 1.807) is 30.3 Å². The van der Waals surface area contributed by atoms with Gasteiger partial charge < -0.3 is 0 Å². The van der Waals surface area contributed by atoms with Crippen molar-refractivity contribution in [3.63, 3.8) is 0 Å². The van der Waals surface area contributed by atoms with Crippen molar-refractivity contribution in [2.45, 2.75) is 0 Å². The molecule has 0 saturated heterocycles. The lowest BCUT2D eigenvalue weighted by molar-refractivity contribution is -0.384. The molecule has 0 unspecified atom stereocenters. The van der Waals surface area contributed by atoms with Crippen LogP contribution in [0.25, 0.3) is 17.1 Å². The molecule has 4 rings (SSSR count). The number of benzene rings is 3. The maximum Gasteiger partial charge on any atom is 0.297 e. The largest absolute Gasteiger partial charge is 0.297 e. The first-order chi connectivity index (χ1) is 13.6. The number of carbonyl (C=O) groups is 1. The third kappa shape index (κ3) is 3.26. The van der Waals surface area contributed by atoms with Crippen molar-refractivity contribution in [3.8, 4) is 17.1 Å². The molecule has 0 aliphatic heterocycles. The quantitative estimate of drug-likeness (QED) is 0.302. The van der Waals surface area contributed by atoms with Crippen molar-refractivity contribution in [1.82, 2.24) is 20.2 Å². The number of tetrazole rings is 1. The number of nitrogens with zero attached hydrogens (tertiary/aromatic N) is 5. The fraction of sp³-hybridized carbons (Fsp3) is 0. The maximum atomic E-state index is 12.6. The number of nitro benzene ring substituents is 1. The summed E-state index contributed by atoms with van der Waals surface area (Å²) < 4.78 is 0. The van der Waals surface area contributed by atoms with Crippen LogP contribution in [0, 0.1) is 10.1 Å². The molecule has 0 fully saturated rings. The third-order valence-corrected chi connectivity index (χ3v) is 4.13. The summed E-state index contributed by atoms with van der Waals surface area (Å²) in [5, 5.41) is 23.7. The Labute approximate surface area is 159 Å². The topological polar surface area (TPSA) is 104 Å². The molecule has 0 atom stereocenters. The van der Waals surface area contributed by atoms with Gasteiger partial charge in [-0.05, 0) is 17.3 Å². The fourth-order valence-corrected chi connectivity index (χ4v) is 2.76. The lowest BCUT2D eigenvalue weighted by Crippen LogP contribution is -2.07. The first kappa shape index (κ1) is 17.2. The second-order valence-corrected chi connectivity index (χ2v) is 5.92. The standard InChI is InChI=1S/C20H13N5O3/c26-19(14-7-3-1-4-8-14)16-11-12-17(18(13-16)25(27)28)24-22-20(21-23-24)15-9-5-2-6-10-15/h1-13H. The van der Waals surface area contributed by atoms with Gasteiger partial charge in [0.15, 0.2) is 11.5 Å². The van der Waals surface area contributed by atoms with Crippen LogP contribution < -0.4 is 0 Å². The molecule has 28 heavy (non-hydrogen) atoms. The molecule has 4 aromatic rings. The van der Waals surface area contributed by atoms with Crippen LogP contribution in [-0.2, 0) is 0 Å². The molecule has 1 aromatic heterocycles. The van der Waals surface area contributed by atoms with Crippen molar-refractivity contribution >= 4 is 11.5 Å². The minimum Gasteiger partial charge on any atom is -0.289 e. The first-order valence-corrected chi connectivity index (χ1v) is 8.37. The summed E-state index contributed by atoms with van der Waals surface area (Å²) >= 11 is 0. The highest BCUT2D eigenvalue weighted by molar-refractivity contribution is 6.09. The van der Waals surface area contributed by atoms with E-state index in [9.17, 15) is 14.9 Å². The smallest absolute Gasteiger partial charge is 0.289 e. The maximum absolute atomic E-state index is 12.6. The highest BCUT2D eigenvalue weighted by Crippen LogP contribution is 2.25. The van der Waals surface area contributed by atoms with Gasteiger partial charge in [0.25, 0.3) is 5.69 Å². The zero-order valence-electron chi connectivity index (χ0n) is 14.5. The molecule has 8 heteroatoms. The predicted molar refractivity (Wildman–Crippen MR) is 101 cm³/mol. The van der Waals surface area contributed by atoms with E-state index in [0.717, 1.165) is 10.4 Å². The van der Waals surface area contributed by atoms with Gasteiger partial charge in [-0.25, -0.2) is 0 Å². The van der Waals surface area contributed by atoms with Crippen LogP contribution in [0.3, 0.4) is 0 Å². The highest BCUT2D eigenvalue weighted by Gasteiger charge is 2.21. The van der Waals surface area contributed by atoms with Crippen molar-refractivity contribution < 1.29 is 9.72 Å². The van der Waals surface area contributed by atoms with Crippen molar-refractivity contribution in [3.05, 3.63) is 100 Å². The van der Waals surface area contributed by atoms with Crippen LogP contribution in [0.5, 0.6) is 0 Å². The molecular formula is C20H13N5O3. The van der Waals surface area contributed by atoms with Crippen LogP contribution in [-0.4, -0.2) is 30.9 Å². The summed E-state index contributed by atoms with van der Waals surface area (Å²) in [5.74, 6) is 0.0473. The SMILES string of the molecule is O=C(c1ccccc1)c1ccc(-n2nnc(-c3ccccc3)n2)c([N+](=O)[O-])c1. The molecule has 0 bridgehead atoms. The van der Waals surface area contributed by atoms with Gasteiger partial charge in [0.2, 0.25) is 5.82 Å². The van der Waals surface area contributed by atoms with E-state index in [1.165, 1.54) is 18.2 Å². The van der Waals surface area contributed by atoms with E-state index in [2.05, 4.69) is 15.4 Å². The minimum absolute atomic E-state index is 0.129. The number of ketones is 1. The Morgan fingerprint density at radius 2 is 1.57 bits per heavy atom. The number of carbonyl (C=O) groups excluding carboxylic acids is 1. The fourth-order valence-electron chi connectivity index (χ4n) is 2.76. The molecule has 0 amide bonds. The monoisotopic (exact) mass is 371 g/mol. The molecule has 136 valence electrons. The molecule has 0 N–H and O–H groups in total. The minimum atomic E-state index is -0.567. The number of rotatable bonds is 5. The van der Waals surface area contributed by atoms with Crippen molar-refractivity contribution in [2.24, 2.45) is 0 Å². The van der Waals surface area contributed by atoms with Crippen LogP contribution in [0.4, 0.5) is 5.69 Å². The van der Waals surface area contributed by atoms with Gasteiger partial charge in [0.05, 0.1) is 4.92 Å². The molecule has 0 saturated carbocycles. The van der Waals surface area contributed by atoms with Crippen LogP contribution in [0.1, 0.15) is 15.9 Å². The van der Waals surface area contributed by atoms with Crippen molar-refractivity contribution in [1.29, 1.82) is 0 Å². The van der Waals surface area contributed by atoms with Gasteiger partial charge in [0.1, 0.15) is 0 Å². The molecule has 0 aliphatic rings. The van der Waals surface area contributed by atoms with Gasteiger partial charge in [-0.2, -0.15) is 0 Å². The van der Waals surface area contributed by atoms with E-state index < -0.39 is 4.92 Å². The number of nitro groups is 1. The molecule has 8 nitrogen and oxygen atoms in total. The summed E-state index contributed by atoms with van der Waals surface area (Å²) in [6.45, 7) is 0. The lowest BCUT2D eigenvalue weighted by Gasteiger charge is -2.04. The van der Waals surface area contributed by atoms with Gasteiger partial charge in [-0.15, -0.1) is 15.0 Å². The lowest BCUT2D eigenvalue weighted by atomic mass is 10.0. The Morgan fingerprint density at radius 1 is 0.893 bits per heavy atom. The Kier molecular flexibility index (Phi) is 4.43. The Hall–Kier alpha value is -4.20. The predicted octanol–water partition coefficient (Wildman–Crippen LogP) is 3.47. The third-order valence-electron chi connectivity index (χ3n) is 4.13. The van der Waals surface area contributed by atoms with Crippen LogP contribution in [0.15, 0.2) is 78.9 Å². The van der Waals surface area contributed by atoms with Crippen LogP contribution >= 0.6 is 0 Å². The molecular weight excluding hydrogens is 358 g/mol. The van der Waals surface area contributed by atoms with Gasteiger partial charge in [0, 0.05) is 22.8 Å². The summed E-state index contributed by atoms with van der Waals surface area (Å²) in [5.41, 5.74) is 1.26. The van der Waals surface area contributed by atoms with Crippen LogP contribution in [0.2, 0.25) is 0 Å². The molecule has 1 heterocycles. The second kappa shape index (κ2) is 7.20. The summed E-state index contributed by atoms with van der Waals surface area (Å²) in [7, 11) is 0. The number of hydrogen-bond donors (Lipinski definition) is 0. The average molecular weight is 371 g/mol. The first-order valence-electron chi connectivity index (χ1n) is 8.37. The molecule has 0 spiro atoms. The Balaban J connectivity index is 1.74. The number of aromatic nitrogens is 4. The van der Waals surface area contributed by atoms with Gasteiger partial charge in [-0.3, -0.25) is 14.9 Å². The van der Waals surface area contributed by atoms with E-state index >= 15 is 0 Å². The Morgan fingerprint density at radius 3 is 2.25 bits per heavy atom. The highest BCUT2D eigenvalue weighted by atomic mass is 16.6. The molecule has 0 radical (unpaired) electrons. The number of hydrogen-bond acceptors (Lipinski definition) is 6. The van der Waals surface area contributed by atoms with Crippen molar-refractivity contribution in [2.75, 3.05) is 0 Å².